The Hall–Kier alpha value is -2.38. The van der Waals surface area contributed by atoms with Crippen molar-refractivity contribution in [2.24, 2.45) is 0 Å². The zero-order chi connectivity index (χ0) is 18.0. The first kappa shape index (κ1) is 17.4. The number of carboxylic acid groups (broad SMARTS) is 1. The minimum Gasteiger partial charge on any atom is -0.480 e. The number of hydrogen-bond donors (Lipinski definition) is 1. The third kappa shape index (κ3) is 3.67. The van der Waals surface area contributed by atoms with Crippen LogP contribution in [0.5, 0.6) is 11.6 Å². The first-order chi connectivity index (χ1) is 12.0. The van der Waals surface area contributed by atoms with Gasteiger partial charge in [0.2, 0.25) is 5.88 Å². The second-order valence-corrected chi connectivity index (χ2v) is 6.19. The maximum Gasteiger partial charge on any atom is 0.326 e. The van der Waals surface area contributed by atoms with Gasteiger partial charge >= 0.3 is 5.97 Å². The van der Waals surface area contributed by atoms with E-state index in [9.17, 15) is 9.59 Å². The summed E-state index contributed by atoms with van der Waals surface area (Å²) in [6, 6.07) is 6.99. The summed E-state index contributed by atoms with van der Waals surface area (Å²) < 4.78 is 5.50. The average Bonchev–Trinajstić information content (AvgIpc) is 3.09. The van der Waals surface area contributed by atoms with Gasteiger partial charge < -0.3 is 14.7 Å². The van der Waals surface area contributed by atoms with Gasteiger partial charge in [0.05, 0.1) is 5.02 Å². The zero-order valence-corrected chi connectivity index (χ0v) is 14.4. The van der Waals surface area contributed by atoms with Gasteiger partial charge in [-0.05, 0) is 31.0 Å². The third-order valence-electron chi connectivity index (χ3n) is 3.79. The number of ether oxygens (including phenoxy) is 1. The Morgan fingerprint density at radius 2 is 2.00 bits per heavy atom. The Morgan fingerprint density at radius 1 is 1.20 bits per heavy atom. The van der Waals surface area contributed by atoms with E-state index in [0.29, 0.717) is 30.2 Å². The van der Waals surface area contributed by atoms with Crippen LogP contribution in [0.2, 0.25) is 10.0 Å². The second-order valence-electron chi connectivity index (χ2n) is 5.41. The number of carboxylic acids is 1. The number of likely N-dealkylation sites (tertiary alicyclic amines) is 1. The van der Waals surface area contributed by atoms with Crippen molar-refractivity contribution in [1.82, 2.24) is 15.1 Å². The summed E-state index contributed by atoms with van der Waals surface area (Å²) in [7, 11) is 0. The number of rotatable bonds is 4. The molecule has 9 heteroatoms. The maximum absolute atomic E-state index is 12.4. The summed E-state index contributed by atoms with van der Waals surface area (Å²) in [5.74, 6) is -1.04. The van der Waals surface area contributed by atoms with Crippen LogP contribution >= 0.6 is 23.2 Å². The van der Waals surface area contributed by atoms with Gasteiger partial charge in [-0.25, -0.2) is 4.79 Å². The van der Waals surface area contributed by atoms with Crippen LogP contribution in [0, 0.1) is 0 Å². The predicted molar refractivity (Wildman–Crippen MR) is 90.3 cm³/mol. The van der Waals surface area contributed by atoms with Crippen molar-refractivity contribution in [2.45, 2.75) is 18.9 Å². The van der Waals surface area contributed by atoms with E-state index >= 15 is 0 Å². The van der Waals surface area contributed by atoms with Gasteiger partial charge in [0.1, 0.15) is 16.8 Å². The molecule has 0 bridgehead atoms. The molecule has 2 aromatic rings. The molecule has 25 heavy (non-hydrogen) atoms. The van der Waals surface area contributed by atoms with Gasteiger partial charge in [-0.2, -0.15) is 0 Å². The Bertz CT molecular complexity index is 814. The first-order valence-corrected chi connectivity index (χ1v) is 8.22. The normalized spacial score (nSPS) is 16.7. The fourth-order valence-electron chi connectivity index (χ4n) is 2.58. The van der Waals surface area contributed by atoms with Gasteiger partial charge in [0, 0.05) is 12.6 Å². The van der Waals surface area contributed by atoms with Crippen LogP contribution in [0.15, 0.2) is 30.3 Å². The van der Waals surface area contributed by atoms with Gasteiger partial charge in [0.15, 0.2) is 5.69 Å². The molecule has 0 spiro atoms. The van der Waals surface area contributed by atoms with Gasteiger partial charge in [-0.1, -0.05) is 29.3 Å². The number of carbonyl (C=O) groups is 2. The second kappa shape index (κ2) is 7.25. The lowest BCUT2D eigenvalue weighted by Crippen LogP contribution is -2.40. The highest BCUT2D eigenvalue weighted by molar-refractivity contribution is 6.42. The molecule has 1 aliphatic rings. The van der Waals surface area contributed by atoms with Crippen LogP contribution in [0.4, 0.5) is 0 Å². The van der Waals surface area contributed by atoms with E-state index < -0.39 is 17.9 Å². The fraction of sp³-hybridized carbons (Fsp3) is 0.250. The first-order valence-electron chi connectivity index (χ1n) is 7.46. The molecule has 2 heterocycles. The molecule has 1 aliphatic heterocycles. The average molecular weight is 382 g/mol. The quantitative estimate of drug-likeness (QED) is 0.873. The standard InChI is InChI=1S/C16H13Cl2N3O4/c17-9-3-1-5-12(14(9)18)25-13-7-6-10(19-20-13)15(22)21-8-2-4-11(21)16(23)24/h1,3,5-7,11H,2,4,8H2,(H,23,24). The molecular formula is C16H13Cl2N3O4. The molecule has 1 amide bonds. The minimum atomic E-state index is -1.02. The minimum absolute atomic E-state index is 0.0534. The van der Waals surface area contributed by atoms with E-state index in [0.717, 1.165) is 0 Å². The van der Waals surface area contributed by atoms with E-state index in [1.807, 2.05) is 0 Å². The summed E-state index contributed by atoms with van der Waals surface area (Å²) in [4.78, 5) is 24.9. The number of carbonyl (C=O) groups excluding carboxylic acids is 1. The number of aliphatic carboxylic acids is 1. The largest absolute Gasteiger partial charge is 0.480 e. The van der Waals surface area contributed by atoms with Gasteiger partial charge in [0.25, 0.3) is 5.91 Å². The maximum atomic E-state index is 12.4. The van der Waals surface area contributed by atoms with Crippen LogP contribution in [-0.4, -0.2) is 44.7 Å². The Morgan fingerprint density at radius 3 is 2.68 bits per heavy atom. The molecule has 1 unspecified atom stereocenters. The number of benzene rings is 1. The molecule has 3 rings (SSSR count). The molecular weight excluding hydrogens is 369 g/mol. The van der Waals surface area contributed by atoms with E-state index in [-0.39, 0.29) is 16.6 Å². The van der Waals surface area contributed by atoms with Crippen molar-refractivity contribution >= 4 is 35.1 Å². The molecule has 1 aromatic carbocycles. The lowest BCUT2D eigenvalue weighted by Gasteiger charge is -2.20. The number of amides is 1. The van der Waals surface area contributed by atoms with Crippen LogP contribution < -0.4 is 4.74 Å². The highest BCUT2D eigenvalue weighted by Crippen LogP contribution is 2.33. The van der Waals surface area contributed by atoms with Crippen LogP contribution in [-0.2, 0) is 4.79 Å². The predicted octanol–water partition coefficient (Wildman–Crippen LogP) is 3.26. The lowest BCUT2D eigenvalue weighted by molar-refractivity contribution is -0.141. The molecule has 0 radical (unpaired) electrons. The summed E-state index contributed by atoms with van der Waals surface area (Å²) in [6.07, 6.45) is 1.08. The molecule has 0 saturated carbocycles. The smallest absolute Gasteiger partial charge is 0.326 e. The summed E-state index contributed by atoms with van der Waals surface area (Å²) >= 11 is 11.9. The van der Waals surface area contributed by atoms with Crippen molar-refractivity contribution in [2.75, 3.05) is 6.54 Å². The molecule has 1 fully saturated rings. The van der Waals surface area contributed by atoms with Gasteiger partial charge in [-0.3, -0.25) is 4.79 Å². The van der Waals surface area contributed by atoms with Crippen LogP contribution in [0.1, 0.15) is 23.3 Å². The summed E-state index contributed by atoms with van der Waals surface area (Å²) in [5, 5.41) is 17.4. The van der Waals surface area contributed by atoms with E-state index in [1.54, 1.807) is 18.2 Å². The van der Waals surface area contributed by atoms with Crippen LogP contribution in [0.3, 0.4) is 0 Å². The molecule has 0 aliphatic carbocycles. The third-order valence-corrected chi connectivity index (χ3v) is 4.59. The Kier molecular flexibility index (Phi) is 5.06. The van der Waals surface area contributed by atoms with E-state index in [2.05, 4.69) is 10.2 Å². The SMILES string of the molecule is O=C(O)C1CCCN1C(=O)c1ccc(Oc2cccc(Cl)c2Cl)nn1. The molecule has 7 nitrogen and oxygen atoms in total. The van der Waals surface area contributed by atoms with Crippen molar-refractivity contribution < 1.29 is 19.4 Å². The molecule has 1 saturated heterocycles. The monoisotopic (exact) mass is 381 g/mol. The topological polar surface area (TPSA) is 92.6 Å². The Balaban J connectivity index is 1.75. The number of halogens is 2. The highest BCUT2D eigenvalue weighted by Gasteiger charge is 2.35. The lowest BCUT2D eigenvalue weighted by atomic mass is 10.2. The van der Waals surface area contributed by atoms with Crippen molar-refractivity contribution in [1.29, 1.82) is 0 Å². The zero-order valence-electron chi connectivity index (χ0n) is 12.9. The fourth-order valence-corrected chi connectivity index (χ4v) is 2.91. The summed E-state index contributed by atoms with van der Waals surface area (Å²) in [5.41, 5.74) is 0.0534. The number of hydrogen-bond acceptors (Lipinski definition) is 5. The number of nitrogens with zero attached hydrogens (tertiary/aromatic N) is 3. The summed E-state index contributed by atoms with van der Waals surface area (Å²) in [6.45, 7) is 0.383. The molecule has 1 atom stereocenters. The Labute approximate surface area is 153 Å². The van der Waals surface area contributed by atoms with Gasteiger partial charge in [-0.15, -0.1) is 10.2 Å². The molecule has 1 N–H and O–H groups in total. The van der Waals surface area contributed by atoms with E-state index in [4.69, 9.17) is 33.0 Å². The van der Waals surface area contributed by atoms with Crippen molar-refractivity contribution in [3.05, 3.63) is 46.1 Å². The molecule has 1 aromatic heterocycles. The number of aromatic nitrogens is 2. The highest BCUT2D eigenvalue weighted by atomic mass is 35.5. The van der Waals surface area contributed by atoms with E-state index in [1.165, 1.54) is 17.0 Å². The van der Waals surface area contributed by atoms with Crippen molar-refractivity contribution in [3.8, 4) is 11.6 Å². The molecule has 130 valence electrons. The van der Waals surface area contributed by atoms with Crippen LogP contribution in [0.25, 0.3) is 0 Å². The van der Waals surface area contributed by atoms with Crippen molar-refractivity contribution in [3.63, 3.8) is 0 Å².